The van der Waals surface area contributed by atoms with E-state index in [1.165, 1.54) is 22.9 Å². The molecule has 6 nitrogen and oxygen atoms in total. The van der Waals surface area contributed by atoms with E-state index in [1.54, 1.807) is 24.4 Å². The molecule has 0 spiro atoms. The second-order valence-electron chi connectivity index (χ2n) is 4.97. The summed E-state index contributed by atoms with van der Waals surface area (Å²) in [5, 5.41) is 13.6. The normalized spacial score (nSPS) is 10.9. The predicted molar refractivity (Wildman–Crippen MR) is 81.7 cm³/mol. The number of nitrogens with two attached hydrogens (primary N) is 1. The molecule has 0 bridgehead atoms. The van der Waals surface area contributed by atoms with E-state index in [2.05, 4.69) is 5.10 Å². The molecule has 0 saturated carbocycles. The van der Waals surface area contributed by atoms with Gasteiger partial charge in [0.1, 0.15) is 23.9 Å². The number of aliphatic carboxylic acids is 1. The molecule has 7 heteroatoms. The van der Waals surface area contributed by atoms with Crippen LogP contribution in [0.15, 0.2) is 42.6 Å². The van der Waals surface area contributed by atoms with Crippen LogP contribution in [0.25, 0.3) is 10.9 Å². The average Bonchev–Trinajstić information content (AvgIpc) is 2.90. The number of ether oxygens (including phenoxy) is 1. The van der Waals surface area contributed by atoms with Crippen LogP contribution < -0.4 is 10.5 Å². The molecule has 118 valence electrons. The van der Waals surface area contributed by atoms with Gasteiger partial charge in [-0.3, -0.25) is 9.48 Å². The van der Waals surface area contributed by atoms with Crippen molar-refractivity contribution in [2.45, 2.75) is 13.1 Å². The molecular weight excluding hydrogens is 301 g/mol. The molecular formula is C16H14FN3O3. The number of carboxylic acid groups (broad SMARTS) is 1. The third-order valence-electron chi connectivity index (χ3n) is 3.37. The van der Waals surface area contributed by atoms with Gasteiger partial charge in [0, 0.05) is 17.5 Å². The zero-order valence-electron chi connectivity index (χ0n) is 12.1. The first-order chi connectivity index (χ1) is 11.1. The summed E-state index contributed by atoms with van der Waals surface area (Å²) in [4.78, 5) is 10.8. The van der Waals surface area contributed by atoms with E-state index in [0.29, 0.717) is 22.6 Å². The molecule has 0 aliphatic heterocycles. The first-order valence-electron chi connectivity index (χ1n) is 6.90. The lowest BCUT2D eigenvalue weighted by molar-refractivity contribution is -0.137. The maximum Gasteiger partial charge on any atom is 0.325 e. The molecule has 3 aromatic rings. The number of hydrogen-bond acceptors (Lipinski definition) is 4. The lowest BCUT2D eigenvalue weighted by Gasteiger charge is -2.10. The van der Waals surface area contributed by atoms with Gasteiger partial charge in [0.05, 0.1) is 11.7 Å². The van der Waals surface area contributed by atoms with E-state index in [-0.39, 0.29) is 18.9 Å². The summed E-state index contributed by atoms with van der Waals surface area (Å²) in [5.74, 6) is -0.322. The molecule has 3 N–H and O–H groups in total. The highest BCUT2D eigenvalue weighted by Crippen LogP contribution is 2.28. The Kier molecular flexibility index (Phi) is 3.94. The smallest absolute Gasteiger partial charge is 0.325 e. The van der Waals surface area contributed by atoms with Gasteiger partial charge in [-0.1, -0.05) is 0 Å². The standard InChI is InChI=1S/C16H14FN3O3/c17-12-1-4-15(10(5-12)7-18)23-13-2-3-14-11(6-13)8-19-20(14)9-16(21)22/h1-6,8H,7,9,18H2,(H,21,22). The van der Waals surface area contributed by atoms with Gasteiger partial charge in [-0.15, -0.1) is 0 Å². The highest BCUT2D eigenvalue weighted by molar-refractivity contribution is 5.81. The van der Waals surface area contributed by atoms with Crippen molar-refractivity contribution in [2.75, 3.05) is 0 Å². The van der Waals surface area contributed by atoms with Crippen molar-refractivity contribution in [3.05, 3.63) is 54.0 Å². The van der Waals surface area contributed by atoms with Gasteiger partial charge in [0.2, 0.25) is 0 Å². The molecule has 3 rings (SSSR count). The molecule has 0 saturated heterocycles. The van der Waals surface area contributed by atoms with Crippen LogP contribution in [0.4, 0.5) is 4.39 Å². The van der Waals surface area contributed by atoms with Gasteiger partial charge >= 0.3 is 5.97 Å². The Morgan fingerprint density at radius 1 is 1.30 bits per heavy atom. The summed E-state index contributed by atoms with van der Waals surface area (Å²) in [7, 11) is 0. The topological polar surface area (TPSA) is 90.4 Å². The summed E-state index contributed by atoms with van der Waals surface area (Å²) >= 11 is 0. The molecule has 0 aliphatic carbocycles. The van der Waals surface area contributed by atoms with Crippen LogP contribution in [0.5, 0.6) is 11.5 Å². The number of rotatable bonds is 5. The highest BCUT2D eigenvalue weighted by Gasteiger charge is 2.09. The molecule has 0 radical (unpaired) electrons. The van der Waals surface area contributed by atoms with E-state index in [0.717, 1.165) is 5.39 Å². The third kappa shape index (κ3) is 3.14. The number of aromatic nitrogens is 2. The fourth-order valence-corrected chi connectivity index (χ4v) is 2.32. The number of benzene rings is 2. The average molecular weight is 315 g/mol. The van der Waals surface area contributed by atoms with Gasteiger partial charge in [-0.05, 0) is 36.4 Å². The van der Waals surface area contributed by atoms with Crippen LogP contribution in [-0.4, -0.2) is 20.9 Å². The van der Waals surface area contributed by atoms with Crippen molar-refractivity contribution in [1.82, 2.24) is 9.78 Å². The summed E-state index contributed by atoms with van der Waals surface area (Å²) in [6, 6.07) is 9.33. The number of carbonyl (C=O) groups is 1. The largest absolute Gasteiger partial charge is 0.480 e. The Hall–Kier alpha value is -2.93. The minimum atomic E-state index is -0.964. The highest BCUT2D eigenvalue weighted by atomic mass is 19.1. The van der Waals surface area contributed by atoms with Crippen LogP contribution in [0.3, 0.4) is 0 Å². The van der Waals surface area contributed by atoms with Gasteiger partial charge in [0.15, 0.2) is 0 Å². The summed E-state index contributed by atoms with van der Waals surface area (Å²) in [5.41, 5.74) is 6.85. The lowest BCUT2D eigenvalue weighted by atomic mass is 10.2. The predicted octanol–water partition coefficient (Wildman–Crippen LogP) is 2.51. The van der Waals surface area contributed by atoms with Crippen LogP contribution in [0.2, 0.25) is 0 Å². The Bertz CT molecular complexity index is 876. The summed E-state index contributed by atoms with van der Waals surface area (Å²) < 4.78 is 20.4. The van der Waals surface area contributed by atoms with Crippen molar-refractivity contribution in [3.8, 4) is 11.5 Å². The monoisotopic (exact) mass is 315 g/mol. The molecule has 0 amide bonds. The first-order valence-corrected chi connectivity index (χ1v) is 6.90. The number of nitrogens with zero attached hydrogens (tertiary/aromatic N) is 2. The molecule has 2 aromatic carbocycles. The number of hydrogen-bond donors (Lipinski definition) is 2. The molecule has 0 fully saturated rings. The van der Waals surface area contributed by atoms with Crippen molar-refractivity contribution in [3.63, 3.8) is 0 Å². The van der Waals surface area contributed by atoms with Gasteiger partial charge in [-0.25, -0.2) is 4.39 Å². The lowest BCUT2D eigenvalue weighted by Crippen LogP contribution is -2.09. The Morgan fingerprint density at radius 3 is 2.87 bits per heavy atom. The first kappa shape index (κ1) is 15.0. The molecule has 0 atom stereocenters. The zero-order valence-corrected chi connectivity index (χ0v) is 12.1. The van der Waals surface area contributed by atoms with Gasteiger partial charge in [-0.2, -0.15) is 5.10 Å². The summed E-state index contributed by atoms with van der Waals surface area (Å²) in [6.45, 7) is -0.0507. The second kappa shape index (κ2) is 6.05. The maximum atomic E-state index is 13.2. The number of halogens is 1. The van der Waals surface area contributed by atoms with Gasteiger partial charge < -0.3 is 15.6 Å². The van der Waals surface area contributed by atoms with Gasteiger partial charge in [0.25, 0.3) is 0 Å². The van der Waals surface area contributed by atoms with E-state index in [4.69, 9.17) is 15.6 Å². The van der Waals surface area contributed by atoms with Crippen LogP contribution in [0, 0.1) is 5.82 Å². The minimum Gasteiger partial charge on any atom is -0.480 e. The van der Waals surface area contributed by atoms with Crippen molar-refractivity contribution >= 4 is 16.9 Å². The van der Waals surface area contributed by atoms with Crippen molar-refractivity contribution < 1.29 is 19.0 Å². The molecule has 0 unspecified atom stereocenters. The van der Waals surface area contributed by atoms with Crippen LogP contribution in [0.1, 0.15) is 5.56 Å². The quantitative estimate of drug-likeness (QED) is 0.755. The Labute approximate surface area is 130 Å². The van der Waals surface area contributed by atoms with Crippen molar-refractivity contribution in [2.24, 2.45) is 5.73 Å². The molecule has 0 aliphatic rings. The molecule has 1 heterocycles. The minimum absolute atomic E-state index is 0.159. The molecule has 23 heavy (non-hydrogen) atoms. The van der Waals surface area contributed by atoms with E-state index < -0.39 is 5.97 Å². The maximum absolute atomic E-state index is 13.2. The van der Waals surface area contributed by atoms with E-state index in [1.807, 2.05) is 0 Å². The molecule has 1 aromatic heterocycles. The number of carboxylic acids is 1. The third-order valence-corrected chi connectivity index (χ3v) is 3.37. The van der Waals surface area contributed by atoms with Crippen LogP contribution >= 0.6 is 0 Å². The number of fused-ring (bicyclic) bond motifs is 1. The SMILES string of the molecule is NCc1cc(F)ccc1Oc1ccc2c(cnn2CC(=O)O)c1. The van der Waals surface area contributed by atoms with Crippen LogP contribution in [-0.2, 0) is 17.9 Å². The van der Waals surface area contributed by atoms with E-state index in [9.17, 15) is 9.18 Å². The Morgan fingerprint density at radius 2 is 2.13 bits per heavy atom. The second-order valence-corrected chi connectivity index (χ2v) is 4.97. The van der Waals surface area contributed by atoms with Crippen molar-refractivity contribution in [1.29, 1.82) is 0 Å². The Balaban J connectivity index is 1.91. The zero-order chi connectivity index (χ0) is 16.4. The fourth-order valence-electron chi connectivity index (χ4n) is 2.32. The van der Waals surface area contributed by atoms with E-state index >= 15 is 0 Å². The fraction of sp³-hybridized carbons (Fsp3) is 0.125. The summed E-state index contributed by atoms with van der Waals surface area (Å²) in [6.07, 6.45) is 1.57.